The lowest BCUT2D eigenvalue weighted by Gasteiger charge is -2.22. The molecule has 2 nitrogen and oxygen atoms in total. The highest BCUT2D eigenvalue weighted by Crippen LogP contribution is 2.26. The minimum Gasteiger partial charge on any atom is -0.256 e. The van der Waals surface area contributed by atoms with E-state index in [2.05, 4.69) is 4.72 Å². The van der Waals surface area contributed by atoms with E-state index in [4.69, 9.17) is 5.26 Å². The van der Waals surface area contributed by atoms with E-state index in [1.807, 2.05) is 27.7 Å². The van der Waals surface area contributed by atoms with Crippen LogP contribution in [0.15, 0.2) is 12.1 Å². The summed E-state index contributed by atoms with van der Waals surface area (Å²) in [6.07, 6.45) is 0. The van der Waals surface area contributed by atoms with E-state index in [0.717, 1.165) is 0 Å². The highest BCUT2D eigenvalue weighted by Gasteiger charge is 2.17. The summed E-state index contributed by atoms with van der Waals surface area (Å²) in [6, 6.07) is 3.70. The van der Waals surface area contributed by atoms with Crippen molar-refractivity contribution in [3.05, 3.63) is 34.9 Å². The van der Waals surface area contributed by atoms with Crippen molar-refractivity contribution in [1.82, 2.24) is 4.72 Å². The van der Waals surface area contributed by atoms with Crippen molar-refractivity contribution >= 4 is 11.9 Å². The minimum absolute atomic E-state index is 0.0118. The fourth-order valence-electron chi connectivity index (χ4n) is 1.28. The number of rotatable bonds is 3. The molecule has 0 aliphatic carbocycles. The number of hydrogen-bond donors (Lipinski definition) is 1. The van der Waals surface area contributed by atoms with Gasteiger partial charge < -0.3 is 0 Å². The smallest absolute Gasteiger partial charge is 0.144 e. The molecule has 0 aliphatic heterocycles. The molecule has 0 radical (unpaired) electrons. The largest absolute Gasteiger partial charge is 0.256 e. The van der Waals surface area contributed by atoms with Gasteiger partial charge in [-0.1, -0.05) is 11.9 Å². The van der Waals surface area contributed by atoms with Crippen molar-refractivity contribution in [1.29, 1.82) is 5.26 Å². The number of hydrogen-bond acceptors (Lipinski definition) is 3. The van der Waals surface area contributed by atoms with Crippen molar-refractivity contribution in [2.75, 3.05) is 0 Å². The molecule has 0 fully saturated rings. The lowest BCUT2D eigenvalue weighted by Crippen LogP contribution is -2.20. The Morgan fingerprint density at radius 1 is 1.28 bits per heavy atom. The molecule has 1 aromatic rings. The summed E-state index contributed by atoms with van der Waals surface area (Å²) in [6.45, 7) is 7.94. The molecule has 0 amide bonds. The number of benzene rings is 1. The van der Waals surface area contributed by atoms with Gasteiger partial charge in [-0.15, -0.1) is 0 Å². The van der Waals surface area contributed by atoms with Crippen LogP contribution in [-0.4, -0.2) is 4.75 Å². The van der Waals surface area contributed by atoms with Crippen LogP contribution in [0.4, 0.5) is 8.78 Å². The third-order valence-electron chi connectivity index (χ3n) is 2.22. The highest BCUT2D eigenvalue weighted by molar-refractivity contribution is 7.98. The molecule has 1 atom stereocenters. The summed E-state index contributed by atoms with van der Waals surface area (Å²) >= 11 is 1.50. The summed E-state index contributed by atoms with van der Waals surface area (Å²) < 4.78 is 30.0. The first-order chi connectivity index (χ1) is 8.24. The Labute approximate surface area is 111 Å². The zero-order chi connectivity index (χ0) is 13.9. The van der Waals surface area contributed by atoms with Crippen LogP contribution >= 0.6 is 11.9 Å². The second kappa shape index (κ2) is 5.68. The van der Waals surface area contributed by atoms with E-state index < -0.39 is 17.2 Å². The Hall–Kier alpha value is -1.12. The number of nitriles is 1. The van der Waals surface area contributed by atoms with Gasteiger partial charge in [0.1, 0.15) is 23.3 Å². The normalized spacial score (nSPS) is 13.2. The Morgan fingerprint density at radius 2 is 1.78 bits per heavy atom. The van der Waals surface area contributed by atoms with Gasteiger partial charge in [0, 0.05) is 10.8 Å². The second-order valence-corrected chi connectivity index (χ2v) is 6.69. The van der Waals surface area contributed by atoms with Gasteiger partial charge in [0.15, 0.2) is 0 Å². The molecule has 0 aromatic heterocycles. The summed E-state index contributed by atoms with van der Waals surface area (Å²) in [7, 11) is 0. The Morgan fingerprint density at radius 3 is 2.17 bits per heavy atom. The van der Waals surface area contributed by atoms with Gasteiger partial charge in [-0.25, -0.2) is 8.78 Å². The second-order valence-electron chi connectivity index (χ2n) is 5.03. The Kier molecular flexibility index (Phi) is 4.71. The van der Waals surface area contributed by atoms with Crippen LogP contribution in [0.2, 0.25) is 0 Å². The van der Waals surface area contributed by atoms with E-state index >= 15 is 0 Å². The van der Waals surface area contributed by atoms with Crippen LogP contribution in [-0.2, 0) is 0 Å². The number of nitrogens with zero attached hydrogens (tertiary/aromatic N) is 1. The molecule has 1 unspecified atom stereocenters. The molecule has 1 aromatic carbocycles. The van der Waals surface area contributed by atoms with Gasteiger partial charge in [0.2, 0.25) is 0 Å². The maximum absolute atomic E-state index is 13.4. The highest BCUT2D eigenvalue weighted by atomic mass is 32.2. The molecule has 18 heavy (non-hydrogen) atoms. The van der Waals surface area contributed by atoms with Crippen LogP contribution in [0.5, 0.6) is 0 Å². The van der Waals surface area contributed by atoms with Crippen molar-refractivity contribution < 1.29 is 8.78 Å². The van der Waals surface area contributed by atoms with Gasteiger partial charge in [0.05, 0.1) is 0 Å². The van der Waals surface area contributed by atoms with Gasteiger partial charge >= 0.3 is 0 Å². The molecule has 0 aliphatic rings. The average molecular weight is 270 g/mol. The van der Waals surface area contributed by atoms with Gasteiger partial charge in [-0.05, 0) is 45.4 Å². The van der Waals surface area contributed by atoms with E-state index in [0.29, 0.717) is 5.56 Å². The third kappa shape index (κ3) is 3.97. The molecular weight excluding hydrogens is 254 g/mol. The minimum atomic E-state index is -0.818. The summed E-state index contributed by atoms with van der Waals surface area (Å²) in [5.41, 5.74) is -0.0461. The molecular formula is C13H16F2N2S. The fraction of sp³-hybridized carbons (Fsp3) is 0.462. The predicted molar refractivity (Wildman–Crippen MR) is 70.0 cm³/mol. The Bertz CT molecular complexity index is 452. The first-order valence-corrected chi connectivity index (χ1v) is 6.39. The monoisotopic (exact) mass is 270 g/mol. The topological polar surface area (TPSA) is 35.8 Å². The zero-order valence-electron chi connectivity index (χ0n) is 10.8. The van der Waals surface area contributed by atoms with Crippen LogP contribution in [0.25, 0.3) is 0 Å². The van der Waals surface area contributed by atoms with E-state index in [9.17, 15) is 8.78 Å². The standard InChI is InChI=1S/C13H16F2N2S/c1-8(17-18-13(2,3)4)9-5-11(14)10(7-16)12(15)6-9/h5-6,8,17H,1-4H3. The lowest BCUT2D eigenvalue weighted by molar-refractivity contribution is 0.567. The molecule has 0 heterocycles. The molecule has 5 heteroatoms. The van der Waals surface area contributed by atoms with Crippen LogP contribution in [0, 0.1) is 23.0 Å². The predicted octanol–water partition coefficient (Wildman–Crippen LogP) is 3.93. The van der Waals surface area contributed by atoms with Crippen molar-refractivity contribution in [2.45, 2.75) is 38.5 Å². The van der Waals surface area contributed by atoms with Gasteiger partial charge in [0.25, 0.3) is 0 Å². The molecule has 0 spiro atoms. The molecule has 1 rings (SSSR count). The van der Waals surface area contributed by atoms with Gasteiger partial charge in [-0.3, -0.25) is 4.72 Å². The fourth-order valence-corrected chi connectivity index (χ4v) is 1.95. The van der Waals surface area contributed by atoms with Crippen molar-refractivity contribution in [3.8, 4) is 6.07 Å². The summed E-state index contributed by atoms with van der Waals surface area (Å²) in [4.78, 5) is 0. The van der Waals surface area contributed by atoms with E-state index in [1.54, 1.807) is 0 Å². The van der Waals surface area contributed by atoms with Crippen LogP contribution < -0.4 is 4.72 Å². The Balaban J connectivity index is 2.88. The van der Waals surface area contributed by atoms with Crippen molar-refractivity contribution in [2.24, 2.45) is 0 Å². The third-order valence-corrected chi connectivity index (χ3v) is 3.30. The van der Waals surface area contributed by atoms with Crippen LogP contribution in [0.1, 0.15) is 44.9 Å². The lowest BCUT2D eigenvalue weighted by atomic mass is 10.1. The van der Waals surface area contributed by atoms with Crippen LogP contribution in [0.3, 0.4) is 0 Å². The maximum atomic E-state index is 13.4. The first kappa shape index (κ1) is 14.9. The summed E-state index contributed by atoms with van der Waals surface area (Å²) in [5, 5.41) is 8.59. The number of nitrogens with one attached hydrogen (secondary N) is 1. The average Bonchev–Trinajstić information content (AvgIpc) is 2.24. The molecule has 1 N–H and O–H groups in total. The SMILES string of the molecule is CC(NSC(C)(C)C)c1cc(F)c(C#N)c(F)c1. The molecule has 0 bridgehead atoms. The summed E-state index contributed by atoms with van der Waals surface area (Å²) in [5.74, 6) is -1.64. The molecule has 0 saturated carbocycles. The number of halogens is 2. The van der Waals surface area contributed by atoms with E-state index in [-0.39, 0.29) is 10.8 Å². The maximum Gasteiger partial charge on any atom is 0.144 e. The van der Waals surface area contributed by atoms with Crippen molar-refractivity contribution in [3.63, 3.8) is 0 Å². The molecule has 0 saturated heterocycles. The van der Waals surface area contributed by atoms with Gasteiger partial charge in [-0.2, -0.15) is 5.26 Å². The zero-order valence-corrected chi connectivity index (χ0v) is 11.7. The van der Waals surface area contributed by atoms with E-state index in [1.165, 1.54) is 30.1 Å². The quantitative estimate of drug-likeness (QED) is 0.845. The first-order valence-electron chi connectivity index (χ1n) is 5.57. The molecule has 98 valence electrons.